The van der Waals surface area contributed by atoms with Gasteiger partial charge in [0.05, 0.1) is 0 Å². The smallest absolute Gasteiger partial charge is 0.404 e. The van der Waals surface area contributed by atoms with Crippen LogP contribution >= 0.6 is 9.03 Å². The Morgan fingerprint density at radius 1 is 1.82 bits per heavy atom. The maximum atomic E-state index is 8.61. The van der Waals surface area contributed by atoms with E-state index in [9.17, 15) is 0 Å². The van der Waals surface area contributed by atoms with E-state index in [-0.39, 0.29) is 12.4 Å². The molecular weight excluding hydrogens is 167 g/mol. The number of rotatable bonds is 4. The van der Waals surface area contributed by atoms with Crippen LogP contribution in [0, 0.1) is 0 Å². The van der Waals surface area contributed by atoms with Gasteiger partial charge in [0.2, 0.25) is 0 Å². The van der Waals surface area contributed by atoms with E-state index in [1.54, 1.807) is 0 Å². The molecule has 0 spiro atoms. The molecule has 0 aliphatic carbocycles. The third-order valence-corrected chi connectivity index (χ3v) is 1.40. The van der Waals surface area contributed by atoms with Crippen molar-refractivity contribution >= 4 is 9.03 Å². The molecule has 1 rings (SSSR count). The van der Waals surface area contributed by atoms with E-state index in [1.165, 1.54) is 6.26 Å². The van der Waals surface area contributed by atoms with Gasteiger partial charge >= 0.3 is 9.03 Å². The Hall–Kier alpha value is -0.730. The largest absolute Gasteiger partial charge is 0.510 e. The van der Waals surface area contributed by atoms with E-state index in [1.807, 2.05) is 0 Å². The normalized spacial score (nSPS) is 17.3. The summed E-state index contributed by atoms with van der Waals surface area (Å²) in [4.78, 5) is 0. The quantitative estimate of drug-likeness (QED) is 0.522. The lowest BCUT2D eigenvalue weighted by molar-refractivity contribution is 0.130. The first-order valence-corrected chi connectivity index (χ1v) is 3.69. The number of aliphatic hydroxyl groups excluding tert-OH is 1. The highest BCUT2D eigenvalue weighted by Crippen LogP contribution is 2.27. The van der Waals surface area contributed by atoms with Crippen LogP contribution in [0.1, 0.15) is 0 Å². The zero-order valence-electron chi connectivity index (χ0n) is 5.82. The molecule has 1 aliphatic heterocycles. The van der Waals surface area contributed by atoms with E-state index in [0.29, 0.717) is 21.4 Å². The van der Waals surface area contributed by atoms with Gasteiger partial charge in [-0.1, -0.05) is 6.58 Å². The third-order valence-electron chi connectivity index (χ3n) is 0.895. The van der Waals surface area contributed by atoms with Crippen LogP contribution in [0.5, 0.6) is 0 Å². The molecule has 11 heavy (non-hydrogen) atoms. The summed E-state index contributed by atoms with van der Waals surface area (Å²) in [5.41, 5.74) is 0. The van der Waals surface area contributed by atoms with Gasteiger partial charge in [-0.05, 0) is 0 Å². The first-order valence-electron chi connectivity index (χ1n) is 2.96. The topological polar surface area (TPSA) is 47.9 Å². The van der Waals surface area contributed by atoms with Gasteiger partial charge in [-0.25, -0.2) is 0 Å². The van der Waals surface area contributed by atoms with Crippen LogP contribution in [0.4, 0.5) is 0 Å². The summed E-state index contributed by atoms with van der Waals surface area (Å²) in [5.74, 6) is 0.620. The van der Waals surface area contributed by atoms with Crippen molar-refractivity contribution in [3.05, 3.63) is 24.4 Å². The van der Waals surface area contributed by atoms with Gasteiger partial charge in [-0.2, -0.15) is 0 Å². The predicted molar refractivity (Wildman–Crippen MR) is 39.8 cm³/mol. The molecule has 0 bridgehead atoms. The second kappa shape index (κ2) is 4.21. The lowest BCUT2D eigenvalue weighted by Crippen LogP contribution is -2.00. The van der Waals surface area contributed by atoms with Gasteiger partial charge in [-0.15, -0.1) is 0 Å². The molecule has 0 atom stereocenters. The van der Waals surface area contributed by atoms with Crippen LogP contribution in [-0.2, 0) is 13.8 Å². The van der Waals surface area contributed by atoms with Crippen LogP contribution in [0.15, 0.2) is 24.4 Å². The van der Waals surface area contributed by atoms with E-state index < -0.39 is 0 Å². The minimum atomic E-state index is 0.00191. The highest BCUT2D eigenvalue weighted by molar-refractivity contribution is 7.26. The van der Waals surface area contributed by atoms with Gasteiger partial charge in [0.25, 0.3) is 0 Å². The third kappa shape index (κ3) is 3.25. The molecule has 0 fully saturated rings. The number of ether oxygens (including phenoxy) is 1. The Kier molecular flexibility index (Phi) is 3.20. The maximum absolute atomic E-state index is 8.61. The number of hydrogen-bond acceptors (Lipinski definition) is 4. The van der Waals surface area contributed by atoms with Gasteiger partial charge in [-0.3, -0.25) is 0 Å². The van der Waals surface area contributed by atoms with Crippen LogP contribution in [-0.4, -0.2) is 18.3 Å². The van der Waals surface area contributed by atoms with Crippen molar-refractivity contribution < 1.29 is 18.9 Å². The molecule has 0 amide bonds. The molecular formula is C6H8O4P. The zero-order chi connectivity index (χ0) is 8.10. The molecule has 0 unspecified atom stereocenters. The van der Waals surface area contributed by atoms with Crippen LogP contribution < -0.4 is 0 Å². The summed E-state index contributed by atoms with van der Waals surface area (Å²) in [6.07, 6.45) is 1.47. The average Bonchev–Trinajstić information content (AvgIpc) is 2.39. The lowest BCUT2D eigenvalue weighted by Gasteiger charge is -2.00. The van der Waals surface area contributed by atoms with E-state index in [0.717, 1.165) is 0 Å². The summed E-state index contributed by atoms with van der Waals surface area (Å²) in [7, 11) is 0.460. The Labute approximate surface area is 66.4 Å². The highest BCUT2D eigenvalue weighted by atomic mass is 31.1. The number of aliphatic hydroxyl groups is 1. The molecule has 0 aromatic heterocycles. The van der Waals surface area contributed by atoms with E-state index in [4.69, 9.17) is 18.9 Å². The Morgan fingerprint density at radius 3 is 3.18 bits per heavy atom. The number of hydrogen-bond donors (Lipinski definition) is 1. The minimum Gasteiger partial charge on any atom is -0.510 e. The monoisotopic (exact) mass is 175 g/mol. The van der Waals surface area contributed by atoms with Crippen LogP contribution in [0.3, 0.4) is 0 Å². The summed E-state index contributed by atoms with van der Waals surface area (Å²) < 4.78 is 14.6. The molecule has 1 radical (unpaired) electrons. The molecule has 0 aromatic rings. The Morgan fingerprint density at radius 2 is 2.64 bits per heavy atom. The van der Waals surface area contributed by atoms with Gasteiger partial charge in [0.15, 0.2) is 5.76 Å². The summed E-state index contributed by atoms with van der Waals surface area (Å²) in [6, 6.07) is 0. The standard InChI is InChI=1S/C6H8O4P/c1-5(7)2-8-3-6-4-9-11-10-6/h4,7H,1-3H2. The fourth-order valence-corrected chi connectivity index (χ4v) is 0.896. The van der Waals surface area contributed by atoms with Crippen LogP contribution in [0.25, 0.3) is 0 Å². The summed E-state index contributed by atoms with van der Waals surface area (Å²) >= 11 is 0. The molecule has 5 heteroatoms. The summed E-state index contributed by atoms with van der Waals surface area (Å²) in [6.45, 7) is 3.68. The van der Waals surface area contributed by atoms with Gasteiger partial charge in [0, 0.05) is 0 Å². The van der Waals surface area contributed by atoms with Crippen molar-refractivity contribution in [3.63, 3.8) is 0 Å². The lowest BCUT2D eigenvalue weighted by atomic mass is 10.5. The molecule has 0 aromatic carbocycles. The van der Waals surface area contributed by atoms with Crippen molar-refractivity contribution in [3.8, 4) is 0 Å². The van der Waals surface area contributed by atoms with Crippen molar-refractivity contribution in [2.45, 2.75) is 0 Å². The molecule has 0 saturated carbocycles. The fraction of sp³-hybridized carbons (Fsp3) is 0.333. The first-order chi connectivity index (χ1) is 5.29. The van der Waals surface area contributed by atoms with Crippen molar-refractivity contribution in [1.82, 2.24) is 0 Å². The van der Waals surface area contributed by atoms with Gasteiger partial charge in [0.1, 0.15) is 25.2 Å². The van der Waals surface area contributed by atoms with Gasteiger partial charge < -0.3 is 18.9 Å². The first kappa shape index (κ1) is 8.37. The highest BCUT2D eigenvalue weighted by Gasteiger charge is 2.08. The fourth-order valence-electron chi connectivity index (χ4n) is 0.501. The second-order valence-corrected chi connectivity index (χ2v) is 2.46. The molecule has 61 valence electrons. The van der Waals surface area contributed by atoms with Crippen molar-refractivity contribution in [2.24, 2.45) is 0 Å². The van der Waals surface area contributed by atoms with E-state index >= 15 is 0 Å². The maximum Gasteiger partial charge on any atom is 0.404 e. The second-order valence-electron chi connectivity index (χ2n) is 1.91. The summed E-state index contributed by atoms with van der Waals surface area (Å²) in [5, 5.41) is 8.61. The Balaban J connectivity index is 2.07. The van der Waals surface area contributed by atoms with Crippen molar-refractivity contribution in [2.75, 3.05) is 13.2 Å². The Bertz CT molecular complexity index is 177. The predicted octanol–water partition coefficient (Wildman–Crippen LogP) is 1.74. The molecule has 4 nitrogen and oxygen atoms in total. The SMILES string of the molecule is C=C(O)COCC1=CO[P]O1. The molecule has 1 N–H and O–H groups in total. The average molecular weight is 175 g/mol. The van der Waals surface area contributed by atoms with Crippen molar-refractivity contribution in [1.29, 1.82) is 0 Å². The van der Waals surface area contributed by atoms with Crippen LogP contribution in [0.2, 0.25) is 0 Å². The van der Waals surface area contributed by atoms with E-state index in [2.05, 4.69) is 6.58 Å². The minimum absolute atomic E-state index is 0.00191. The molecule has 1 heterocycles. The zero-order valence-corrected chi connectivity index (χ0v) is 6.71. The molecule has 1 aliphatic rings. The molecule has 0 saturated heterocycles.